The third-order valence-corrected chi connectivity index (χ3v) is 5.45. The first-order valence-electron chi connectivity index (χ1n) is 7.00. The molecule has 0 spiro atoms. The van der Waals surface area contributed by atoms with Crippen molar-refractivity contribution in [2.24, 2.45) is 0 Å². The molecular formula is C15H12ClN3O2S. The first-order valence-corrected chi connectivity index (χ1v) is 8.19. The van der Waals surface area contributed by atoms with Gasteiger partial charge in [0.05, 0.1) is 9.90 Å². The van der Waals surface area contributed by atoms with E-state index in [0.29, 0.717) is 29.7 Å². The molecule has 0 saturated carbocycles. The summed E-state index contributed by atoms with van der Waals surface area (Å²) < 4.78 is 6.45. The van der Waals surface area contributed by atoms with Crippen molar-refractivity contribution in [1.29, 1.82) is 0 Å². The summed E-state index contributed by atoms with van der Waals surface area (Å²) in [5.41, 5.74) is 0. The number of fused-ring (bicyclic) bond motifs is 1. The maximum absolute atomic E-state index is 11.5. The van der Waals surface area contributed by atoms with Crippen LogP contribution >= 0.6 is 22.9 Å². The first-order chi connectivity index (χ1) is 10.7. The van der Waals surface area contributed by atoms with Crippen LogP contribution in [0, 0.1) is 0 Å². The molecule has 1 N–H and O–H groups in total. The molecule has 7 heteroatoms. The normalized spacial score (nSPS) is 18.6. The predicted molar refractivity (Wildman–Crippen MR) is 85.1 cm³/mol. The lowest BCUT2D eigenvalue weighted by atomic mass is 9.98. The van der Waals surface area contributed by atoms with E-state index < -0.39 is 0 Å². The van der Waals surface area contributed by atoms with Gasteiger partial charge in [0.15, 0.2) is 0 Å². The number of halogens is 1. The molecule has 1 aliphatic heterocycles. The van der Waals surface area contributed by atoms with Gasteiger partial charge in [0.25, 0.3) is 0 Å². The summed E-state index contributed by atoms with van der Waals surface area (Å²) in [5.74, 6) is 1.02. The van der Waals surface area contributed by atoms with Crippen molar-refractivity contribution < 1.29 is 9.32 Å². The monoisotopic (exact) mass is 333 g/mol. The Hall–Kier alpha value is -1.92. The zero-order chi connectivity index (χ0) is 15.1. The fourth-order valence-electron chi connectivity index (χ4n) is 2.65. The minimum atomic E-state index is -0.0110. The minimum Gasteiger partial charge on any atom is -0.356 e. The van der Waals surface area contributed by atoms with Crippen LogP contribution in [0.3, 0.4) is 0 Å². The average Bonchev–Trinajstić information content (AvgIpc) is 3.13. The fraction of sp³-hybridized carbons (Fsp3) is 0.267. The average molecular weight is 334 g/mol. The van der Waals surface area contributed by atoms with Crippen LogP contribution in [0.4, 0.5) is 0 Å². The second-order valence-corrected chi connectivity index (χ2v) is 6.67. The number of carbonyl (C=O) groups is 1. The molecule has 22 heavy (non-hydrogen) atoms. The molecule has 2 aromatic heterocycles. The molecule has 112 valence electrons. The van der Waals surface area contributed by atoms with E-state index in [-0.39, 0.29) is 11.8 Å². The maximum atomic E-state index is 11.5. The highest BCUT2D eigenvalue weighted by Gasteiger charge is 2.27. The van der Waals surface area contributed by atoms with Crippen molar-refractivity contribution in [2.45, 2.75) is 18.8 Å². The SMILES string of the molecule is O=C1CC(c2nc(-c3sc4ccccc4c3Cl)no2)CCN1. The highest BCUT2D eigenvalue weighted by Crippen LogP contribution is 2.41. The Labute approximate surface area is 135 Å². The van der Waals surface area contributed by atoms with E-state index in [1.165, 1.54) is 0 Å². The predicted octanol–water partition coefficient (Wildman–Crippen LogP) is 3.60. The number of aromatic nitrogens is 2. The zero-order valence-corrected chi connectivity index (χ0v) is 13.1. The lowest BCUT2D eigenvalue weighted by Crippen LogP contribution is -2.32. The van der Waals surface area contributed by atoms with Crippen LogP contribution in [0.2, 0.25) is 5.02 Å². The molecule has 1 saturated heterocycles. The molecular weight excluding hydrogens is 322 g/mol. The number of nitrogens with zero attached hydrogens (tertiary/aromatic N) is 2. The van der Waals surface area contributed by atoms with Crippen molar-refractivity contribution in [2.75, 3.05) is 6.54 Å². The third kappa shape index (κ3) is 2.28. The topological polar surface area (TPSA) is 68.0 Å². The van der Waals surface area contributed by atoms with E-state index in [4.69, 9.17) is 16.1 Å². The van der Waals surface area contributed by atoms with Crippen LogP contribution in [0.15, 0.2) is 28.8 Å². The van der Waals surface area contributed by atoms with Gasteiger partial charge in [0, 0.05) is 29.0 Å². The molecule has 3 heterocycles. The van der Waals surface area contributed by atoms with E-state index in [2.05, 4.69) is 15.5 Å². The smallest absolute Gasteiger partial charge is 0.230 e. The first kappa shape index (κ1) is 13.7. The second kappa shape index (κ2) is 5.37. The van der Waals surface area contributed by atoms with E-state index in [1.807, 2.05) is 24.3 Å². The Morgan fingerprint density at radius 3 is 3.05 bits per heavy atom. The summed E-state index contributed by atoms with van der Waals surface area (Å²) in [5, 5.41) is 8.49. The van der Waals surface area contributed by atoms with Gasteiger partial charge in [-0.25, -0.2) is 0 Å². The number of hydrogen-bond donors (Lipinski definition) is 1. The molecule has 3 aromatic rings. The van der Waals surface area contributed by atoms with Crippen LogP contribution in [0.5, 0.6) is 0 Å². The number of carbonyl (C=O) groups excluding carboxylic acids is 1. The second-order valence-electron chi connectivity index (χ2n) is 5.24. The number of thiophene rings is 1. The van der Waals surface area contributed by atoms with Gasteiger partial charge in [0.2, 0.25) is 17.6 Å². The summed E-state index contributed by atoms with van der Waals surface area (Å²) in [7, 11) is 0. The minimum absolute atomic E-state index is 0.0110. The van der Waals surface area contributed by atoms with E-state index >= 15 is 0 Å². The third-order valence-electron chi connectivity index (χ3n) is 3.78. The van der Waals surface area contributed by atoms with Crippen molar-refractivity contribution >= 4 is 38.9 Å². The Morgan fingerprint density at radius 2 is 2.23 bits per heavy atom. The molecule has 1 fully saturated rings. The van der Waals surface area contributed by atoms with Gasteiger partial charge in [-0.15, -0.1) is 11.3 Å². The van der Waals surface area contributed by atoms with E-state index in [0.717, 1.165) is 21.4 Å². The number of benzene rings is 1. The molecule has 0 radical (unpaired) electrons. The molecule has 0 bridgehead atoms. The van der Waals surface area contributed by atoms with Gasteiger partial charge in [-0.3, -0.25) is 4.79 Å². The summed E-state index contributed by atoms with van der Waals surface area (Å²) in [4.78, 5) is 16.7. The van der Waals surface area contributed by atoms with Crippen LogP contribution < -0.4 is 5.32 Å². The number of rotatable bonds is 2. The maximum Gasteiger partial charge on any atom is 0.230 e. The van der Waals surface area contributed by atoms with Crippen molar-refractivity contribution in [1.82, 2.24) is 15.5 Å². The standard InChI is InChI=1S/C15H12ClN3O2S/c16-12-9-3-1-2-4-10(9)22-13(12)14-18-15(21-19-14)8-5-6-17-11(20)7-8/h1-4,8H,5-7H2,(H,17,20). The quantitative estimate of drug-likeness (QED) is 0.778. The lowest BCUT2D eigenvalue weighted by Gasteiger charge is -2.18. The molecule has 1 amide bonds. The largest absolute Gasteiger partial charge is 0.356 e. The number of amides is 1. The fourth-order valence-corrected chi connectivity index (χ4v) is 4.09. The molecule has 1 atom stereocenters. The van der Waals surface area contributed by atoms with E-state index in [1.54, 1.807) is 11.3 Å². The number of hydrogen-bond acceptors (Lipinski definition) is 5. The summed E-state index contributed by atoms with van der Waals surface area (Å²) in [6, 6.07) is 7.92. The Kier molecular flexibility index (Phi) is 3.35. The Bertz CT molecular complexity index is 857. The molecule has 1 aliphatic rings. The molecule has 5 nitrogen and oxygen atoms in total. The zero-order valence-electron chi connectivity index (χ0n) is 11.5. The molecule has 4 rings (SSSR count). The van der Waals surface area contributed by atoms with Crippen molar-refractivity contribution in [3.8, 4) is 10.7 Å². The highest BCUT2D eigenvalue weighted by molar-refractivity contribution is 7.23. The molecule has 1 unspecified atom stereocenters. The van der Waals surface area contributed by atoms with Gasteiger partial charge in [-0.1, -0.05) is 35.0 Å². The van der Waals surface area contributed by atoms with Crippen LogP contribution in [-0.2, 0) is 4.79 Å². The van der Waals surface area contributed by atoms with E-state index in [9.17, 15) is 4.79 Å². The van der Waals surface area contributed by atoms with Crippen LogP contribution in [-0.4, -0.2) is 22.6 Å². The lowest BCUT2D eigenvalue weighted by molar-refractivity contribution is -0.122. The summed E-state index contributed by atoms with van der Waals surface area (Å²) in [6.07, 6.45) is 1.20. The molecule has 1 aromatic carbocycles. The van der Waals surface area contributed by atoms with Gasteiger partial charge < -0.3 is 9.84 Å². The number of nitrogens with one attached hydrogen (secondary N) is 1. The van der Waals surface area contributed by atoms with Gasteiger partial charge in [0.1, 0.15) is 0 Å². The van der Waals surface area contributed by atoms with Crippen LogP contribution in [0.25, 0.3) is 20.8 Å². The van der Waals surface area contributed by atoms with Crippen molar-refractivity contribution in [3.63, 3.8) is 0 Å². The molecule has 0 aliphatic carbocycles. The Balaban J connectivity index is 1.71. The van der Waals surface area contributed by atoms with Crippen LogP contribution in [0.1, 0.15) is 24.7 Å². The number of piperidine rings is 1. The van der Waals surface area contributed by atoms with Crippen molar-refractivity contribution in [3.05, 3.63) is 35.2 Å². The summed E-state index contributed by atoms with van der Waals surface area (Å²) in [6.45, 7) is 0.644. The summed E-state index contributed by atoms with van der Waals surface area (Å²) >= 11 is 7.98. The van der Waals surface area contributed by atoms with Gasteiger partial charge >= 0.3 is 0 Å². The van der Waals surface area contributed by atoms with Gasteiger partial charge in [-0.2, -0.15) is 4.98 Å². The highest BCUT2D eigenvalue weighted by atomic mass is 35.5. The van der Waals surface area contributed by atoms with Gasteiger partial charge in [-0.05, 0) is 12.5 Å². The Morgan fingerprint density at radius 1 is 1.36 bits per heavy atom.